The van der Waals surface area contributed by atoms with Crippen LogP contribution in [0.15, 0.2) is 85.3 Å². The van der Waals surface area contributed by atoms with Crippen molar-refractivity contribution in [2.75, 3.05) is 0 Å². The maximum atomic E-state index is 12.4. The fraction of sp³-hybridized carbons (Fsp3) is 0.0455. The number of hydrogen-bond acceptors (Lipinski definition) is 4. The van der Waals surface area contributed by atoms with Crippen molar-refractivity contribution in [3.8, 4) is 11.5 Å². The van der Waals surface area contributed by atoms with Gasteiger partial charge in [-0.1, -0.05) is 24.3 Å². The fourth-order valence-corrected chi connectivity index (χ4v) is 2.77. The molecule has 2 heterocycles. The molecule has 2 aromatic heterocycles. The van der Waals surface area contributed by atoms with Crippen molar-refractivity contribution in [2.24, 2.45) is 0 Å². The van der Waals surface area contributed by atoms with E-state index in [4.69, 9.17) is 4.74 Å². The molecule has 0 aliphatic heterocycles. The van der Waals surface area contributed by atoms with E-state index in [1.54, 1.807) is 36.8 Å². The van der Waals surface area contributed by atoms with Crippen LogP contribution in [0, 0.1) is 0 Å². The smallest absolute Gasteiger partial charge is 0.251 e. The van der Waals surface area contributed by atoms with E-state index in [1.165, 1.54) is 0 Å². The molecule has 0 bridgehead atoms. The predicted octanol–water partition coefficient (Wildman–Crippen LogP) is 4.35. The number of rotatable bonds is 5. The van der Waals surface area contributed by atoms with Crippen LogP contribution < -0.4 is 10.1 Å². The standard InChI is InChI=1S/C22H17N3O2/c26-22(25-15-16-5-4-11-23-14-16)17-6-3-7-18(13-17)27-21-10-12-24-20-9-2-1-8-19(20)21/h1-14H,15H2,(H,25,26). The number of fused-ring (bicyclic) bond motifs is 1. The zero-order chi connectivity index (χ0) is 18.5. The summed E-state index contributed by atoms with van der Waals surface area (Å²) in [5.41, 5.74) is 2.34. The Hall–Kier alpha value is -3.73. The van der Waals surface area contributed by atoms with E-state index in [1.807, 2.05) is 48.5 Å². The lowest BCUT2D eigenvalue weighted by Gasteiger charge is -2.10. The first-order chi connectivity index (χ1) is 13.3. The zero-order valence-electron chi connectivity index (χ0n) is 14.5. The molecule has 0 atom stereocenters. The molecular weight excluding hydrogens is 338 g/mol. The molecule has 0 saturated carbocycles. The largest absolute Gasteiger partial charge is 0.457 e. The number of aromatic nitrogens is 2. The Bertz CT molecular complexity index is 1080. The second-order valence-electron chi connectivity index (χ2n) is 6.00. The minimum atomic E-state index is -0.163. The molecule has 0 aliphatic carbocycles. The number of amides is 1. The summed E-state index contributed by atoms with van der Waals surface area (Å²) in [4.78, 5) is 20.8. The van der Waals surface area contributed by atoms with Crippen molar-refractivity contribution in [1.29, 1.82) is 0 Å². The minimum Gasteiger partial charge on any atom is -0.457 e. The highest BCUT2D eigenvalue weighted by molar-refractivity contribution is 5.94. The van der Waals surface area contributed by atoms with Crippen LogP contribution in [-0.2, 0) is 6.54 Å². The van der Waals surface area contributed by atoms with Crippen molar-refractivity contribution in [1.82, 2.24) is 15.3 Å². The van der Waals surface area contributed by atoms with Crippen molar-refractivity contribution < 1.29 is 9.53 Å². The molecule has 0 saturated heterocycles. The van der Waals surface area contributed by atoms with Crippen LogP contribution in [0.2, 0.25) is 0 Å². The van der Waals surface area contributed by atoms with Crippen molar-refractivity contribution in [3.05, 3.63) is 96.4 Å². The van der Waals surface area contributed by atoms with Crippen LogP contribution in [0.25, 0.3) is 10.9 Å². The van der Waals surface area contributed by atoms with Gasteiger partial charge in [0.1, 0.15) is 11.5 Å². The van der Waals surface area contributed by atoms with Crippen molar-refractivity contribution in [3.63, 3.8) is 0 Å². The zero-order valence-corrected chi connectivity index (χ0v) is 14.5. The van der Waals surface area contributed by atoms with Crippen LogP contribution in [0.4, 0.5) is 0 Å². The van der Waals surface area contributed by atoms with E-state index in [-0.39, 0.29) is 5.91 Å². The number of pyridine rings is 2. The average molecular weight is 355 g/mol. The fourth-order valence-electron chi connectivity index (χ4n) is 2.77. The van der Waals surface area contributed by atoms with Crippen molar-refractivity contribution in [2.45, 2.75) is 6.54 Å². The molecule has 0 spiro atoms. The molecule has 4 aromatic rings. The molecule has 27 heavy (non-hydrogen) atoms. The van der Waals surface area contributed by atoms with Crippen molar-refractivity contribution >= 4 is 16.8 Å². The first-order valence-electron chi connectivity index (χ1n) is 8.58. The molecular formula is C22H17N3O2. The Labute approximate surface area is 156 Å². The normalized spacial score (nSPS) is 10.5. The summed E-state index contributed by atoms with van der Waals surface area (Å²) in [5, 5.41) is 3.81. The Morgan fingerprint density at radius 3 is 2.78 bits per heavy atom. The Balaban J connectivity index is 1.51. The van der Waals surface area contributed by atoms with Gasteiger partial charge in [0.05, 0.1) is 5.52 Å². The monoisotopic (exact) mass is 355 g/mol. The number of para-hydroxylation sites is 1. The third kappa shape index (κ3) is 3.93. The van der Waals surface area contributed by atoms with Gasteiger partial charge >= 0.3 is 0 Å². The lowest BCUT2D eigenvalue weighted by atomic mass is 10.2. The van der Waals surface area contributed by atoms with E-state index in [9.17, 15) is 4.79 Å². The molecule has 4 rings (SSSR count). The van der Waals surface area contributed by atoms with Gasteiger partial charge in [0.25, 0.3) is 5.91 Å². The molecule has 0 unspecified atom stereocenters. The predicted molar refractivity (Wildman–Crippen MR) is 104 cm³/mol. The molecule has 0 aliphatic rings. The Kier molecular flexibility index (Phi) is 4.74. The highest BCUT2D eigenvalue weighted by Crippen LogP contribution is 2.28. The summed E-state index contributed by atoms with van der Waals surface area (Å²) in [5.74, 6) is 1.14. The van der Waals surface area contributed by atoms with Gasteiger partial charge in [-0.3, -0.25) is 14.8 Å². The molecule has 2 aromatic carbocycles. The minimum absolute atomic E-state index is 0.163. The maximum absolute atomic E-state index is 12.4. The molecule has 132 valence electrons. The number of nitrogens with zero attached hydrogens (tertiary/aromatic N) is 2. The first-order valence-corrected chi connectivity index (χ1v) is 8.58. The molecule has 5 heteroatoms. The van der Waals surface area contributed by atoms with Crippen LogP contribution >= 0.6 is 0 Å². The number of carbonyl (C=O) groups is 1. The van der Waals surface area contributed by atoms with Crippen LogP contribution in [-0.4, -0.2) is 15.9 Å². The number of carbonyl (C=O) groups excluding carboxylic acids is 1. The van der Waals surface area contributed by atoms with Gasteiger partial charge in [-0.05, 0) is 48.0 Å². The van der Waals surface area contributed by atoms with Crippen LogP contribution in [0.3, 0.4) is 0 Å². The summed E-state index contributed by atoms with van der Waals surface area (Å²) < 4.78 is 6.02. The summed E-state index contributed by atoms with van der Waals surface area (Å²) in [6.07, 6.45) is 5.14. The van der Waals surface area contributed by atoms with E-state index in [0.717, 1.165) is 16.5 Å². The lowest BCUT2D eigenvalue weighted by molar-refractivity contribution is 0.0950. The first kappa shape index (κ1) is 16.7. The summed E-state index contributed by atoms with van der Waals surface area (Å²) >= 11 is 0. The third-order valence-corrected chi connectivity index (χ3v) is 4.11. The van der Waals surface area contributed by atoms with Gasteiger partial charge in [0.15, 0.2) is 0 Å². The van der Waals surface area contributed by atoms with E-state index in [2.05, 4.69) is 15.3 Å². The molecule has 1 N–H and O–H groups in total. The molecule has 5 nitrogen and oxygen atoms in total. The topological polar surface area (TPSA) is 64.1 Å². The van der Waals surface area contributed by atoms with E-state index >= 15 is 0 Å². The molecule has 0 fully saturated rings. The van der Waals surface area contributed by atoms with E-state index < -0.39 is 0 Å². The number of benzene rings is 2. The summed E-state index contributed by atoms with van der Waals surface area (Å²) in [7, 11) is 0. The van der Waals surface area contributed by atoms with Crippen LogP contribution in [0.1, 0.15) is 15.9 Å². The van der Waals surface area contributed by atoms with Gasteiger partial charge in [-0.15, -0.1) is 0 Å². The molecule has 0 radical (unpaired) electrons. The Morgan fingerprint density at radius 2 is 1.89 bits per heavy atom. The van der Waals surface area contributed by atoms with Gasteiger partial charge in [-0.2, -0.15) is 0 Å². The second-order valence-corrected chi connectivity index (χ2v) is 6.00. The summed E-state index contributed by atoms with van der Waals surface area (Å²) in [6, 6.07) is 20.5. The van der Waals surface area contributed by atoms with E-state index in [0.29, 0.717) is 23.6 Å². The highest BCUT2D eigenvalue weighted by Gasteiger charge is 2.09. The number of ether oxygens (including phenoxy) is 1. The average Bonchev–Trinajstić information content (AvgIpc) is 2.73. The third-order valence-electron chi connectivity index (χ3n) is 4.11. The van der Waals surface area contributed by atoms with Gasteiger partial charge in [-0.25, -0.2) is 0 Å². The van der Waals surface area contributed by atoms with Gasteiger partial charge in [0.2, 0.25) is 0 Å². The quantitative estimate of drug-likeness (QED) is 0.578. The maximum Gasteiger partial charge on any atom is 0.251 e. The van der Waals surface area contributed by atoms with Gasteiger partial charge < -0.3 is 10.1 Å². The summed E-state index contributed by atoms with van der Waals surface area (Å²) in [6.45, 7) is 0.423. The van der Waals surface area contributed by atoms with Crippen LogP contribution in [0.5, 0.6) is 11.5 Å². The number of nitrogens with one attached hydrogen (secondary N) is 1. The number of hydrogen-bond donors (Lipinski definition) is 1. The second kappa shape index (κ2) is 7.66. The lowest BCUT2D eigenvalue weighted by Crippen LogP contribution is -2.22. The highest BCUT2D eigenvalue weighted by atomic mass is 16.5. The Morgan fingerprint density at radius 1 is 0.963 bits per heavy atom. The molecule has 1 amide bonds. The SMILES string of the molecule is O=C(NCc1cccnc1)c1cccc(Oc2ccnc3ccccc23)c1. The van der Waals surface area contributed by atoms with Gasteiger partial charge in [0, 0.05) is 36.1 Å².